The molecule has 31 heavy (non-hydrogen) atoms. The average Bonchev–Trinajstić information content (AvgIpc) is 3.68. The van der Waals surface area contributed by atoms with E-state index in [-0.39, 0.29) is 24.4 Å². The summed E-state index contributed by atoms with van der Waals surface area (Å²) in [6, 6.07) is 5.27. The number of carbonyl (C=O) groups excluding carboxylic acids is 2. The molecule has 1 atom stereocenters. The lowest BCUT2D eigenvalue weighted by Crippen LogP contribution is -2.39. The number of ether oxygens (including phenoxy) is 1. The minimum absolute atomic E-state index is 0.128. The molecule has 0 bridgehead atoms. The lowest BCUT2D eigenvalue weighted by molar-refractivity contribution is -0.108. The molecule has 0 aliphatic heterocycles. The van der Waals surface area contributed by atoms with Gasteiger partial charge in [0.2, 0.25) is 0 Å². The Balaban J connectivity index is 1.38. The third kappa shape index (κ3) is 8.00. The van der Waals surface area contributed by atoms with Crippen LogP contribution in [-0.2, 0) is 4.79 Å². The molecule has 3 rings (SSSR count). The van der Waals surface area contributed by atoms with Crippen LogP contribution in [0.3, 0.4) is 0 Å². The molecule has 2 fully saturated rings. The van der Waals surface area contributed by atoms with Gasteiger partial charge in [-0.05, 0) is 68.1 Å². The Labute approximate surface area is 188 Å². The number of carbonyl (C=O) groups is 2. The van der Waals surface area contributed by atoms with Crippen LogP contribution in [0.15, 0.2) is 18.2 Å². The second kappa shape index (κ2) is 12.3. The van der Waals surface area contributed by atoms with Crippen LogP contribution in [0.5, 0.6) is 5.75 Å². The number of unbranched alkanes of at least 4 members (excludes halogenated alkanes) is 2. The normalized spacial score (nSPS) is 16.6. The van der Waals surface area contributed by atoms with E-state index in [1.165, 1.54) is 36.6 Å². The molecule has 0 aromatic heterocycles. The van der Waals surface area contributed by atoms with Crippen molar-refractivity contribution >= 4 is 24.3 Å². The van der Waals surface area contributed by atoms with Gasteiger partial charge in [0.25, 0.3) is 0 Å². The van der Waals surface area contributed by atoms with Gasteiger partial charge in [-0.15, -0.1) is 0 Å². The van der Waals surface area contributed by atoms with Crippen molar-refractivity contribution in [1.82, 2.24) is 14.9 Å². The Morgan fingerprint density at radius 3 is 2.77 bits per heavy atom. The maximum Gasteiger partial charge on any atom is 0.317 e. The van der Waals surface area contributed by atoms with Gasteiger partial charge in [-0.25, -0.2) is 9.18 Å². The van der Waals surface area contributed by atoms with Crippen molar-refractivity contribution in [2.75, 3.05) is 32.5 Å². The van der Waals surface area contributed by atoms with E-state index in [1.54, 1.807) is 19.0 Å². The van der Waals surface area contributed by atoms with E-state index in [0.717, 1.165) is 36.9 Å². The van der Waals surface area contributed by atoms with Gasteiger partial charge in [-0.1, -0.05) is 24.4 Å². The topological polar surface area (TPSA) is 70.7 Å². The van der Waals surface area contributed by atoms with Gasteiger partial charge in [-0.3, -0.25) is 4.72 Å². The quantitative estimate of drug-likeness (QED) is 0.236. The first-order valence-corrected chi connectivity index (χ1v) is 12.3. The molecule has 6 nitrogen and oxygen atoms in total. The Morgan fingerprint density at radius 2 is 2.10 bits per heavy atom. The Hall–Kier alpha value is -1.80. The molecule has 2 N–H and O–H groups in total. The molecular formula is C23H34FN3O3S. The highest BCUT2D eigenvalue weighted by Gasteiger charge is 2.33. The molecule has 0 radical (unpaired) electrons. The first-order valence-electron chi connectivity index (χ1n) is 11.3. The smallest absolute Gasteiger partial charge is 0.317 e. The zero-order chi connectivity index (χ0) is 22.1. The van der Waals surface area contributed by atoms with Gasteiger partial charge in [0.15, 0.2) is 11.6 Å². The predicted molar refractivity (Wildman–Crippen MR) is 122 cm³/mol. The fourth-order valence-corrected chi connectivity index (χ4v) is 4.48. The summed E-state index contributed by atoms with van der Waals surface area (Å²) in [6.07, 6.45) is 8.40. The number of urea groups is 1. The molecule has 2 saturated carbocycles. The van der Waals surface area contributed by atoms with Crippen LogP contribution < -0.4 is 14.8 Å². The van der Waals surface area contributed by atoms with Gasteiger partial charge >= 0.3 is 6.03 Å². The van der Waals surface area contributed by atoms with E-state index in [1.807, 2.05) is 12.1 Å². The molecule has 1 aromatic carbocycles. The van der Waals surface area contributed by atoms with Crippen LogP contribution >= 0.6 is 11.9 Å². The number of hydrogen-bond donors (Lipinski definition) is 2. The van der Waals surface area contributed by atoms with Crippen LogP contribution in [0.2, 0.25) is 0 Å². The van der Waals surface area contributed by atoms with E-state index in [0.29, 0.717) is 30.7 Å². The largest absolute Gasteiger partial charge is 0.490 e. The van der Waals surface area contributed by atoms with Crippen molar-refractivity contribution in [3.05, 3.63) is 29.6 Å². The van der Waals surface area contributed by atoms with Crippen molar-refractivity contribution in [3.8, 4) is 5.75 Å². The van der Waals surface area contributed by atoms with Crippen LogP contribution in [0.4, 0.5) is 9.18 Å². The Bertz CT molecular complexity index is 728. The van der Waals surface area contributed by atoms with E-state index in [2.05, 4.69) is 10.0 Å². The molecule has 172 valence electrons. The fraction of sp³-hybridized carbons (Fsp3) is 0.652. The van der Waals surface area contributed by atoms with Crippen LogP contribution in [0.1, 0.15) is 56.6 Å². The summed E-state index contributed by atoms with van der Waals surface area (Å²) in [7, 11) is 1.57. The van der Waals surface area contributed by atoms with Crippen LogP contribution in [0.25, 0.3) is 0 Å². The summed E-state index contributed by atoms with van der Waals surface area (Å²) in [5.41, 5.74) is 1.09. The van der Waals surface area contributed by atoms with Crippen molar-refractivity contribution in [3.63, 3.8) is 0 Å². The second-order valence-electron chi connectivity index (χ2n) is 8.45. The lowest BCUT2D eigenvalue weighted by Gasteiger charge is -2.20. The fourth-order valence-electron chi connectivity index (χ4n) is 3.51. The first kappa shape index (κ1) is 23.9. The summed E-state index contributed by atoms with van der Waals surface area (Å²) < 4.78 is 23.4. The number of nitrogens with one attached hydrogen (secondary N) is 2. The SMILES string of the molecule is CNC(=O)N(CC=O)CCCCCSNC(c1ccc(F)c(OCC2CC2)c1)C1CC1. The van der Waals surface area contributed by atoms with E-state index >= 15 is 0 Å². The van der Waals surface area contributed by atoms with Crippen LogP contribution in [-0.4, -0.2) is 49.7 Å². The van der Waals surface area contributed by atoms with Crippen LogP contribution in [0, 0.1) is 17.7 Å². The van der Waals surface area contributed by atoms with Crippen molar-refractivity contribution in [2.45, 2.75) is 51.0 Å². The summed E-state index contributed by atoms with van der Waals surface area (Å²) >= 11 is 1.71. The third-order valence-corrected chi connectivity index (χ3v) is 6.67. The van der Waals surface area contributed by atoms with Gasteiger partial charge in [-0.2, -0.15) is 0 Å². The zero-order valence-electron chi connectivity index (χ0n) is 18.3. The maximum absolute atomic E-state index is 14.1. The van der Waals surface area contributed by atoms with E-state index < -0.39 is 0 Å². The molecule has 8 heteroatoms. The molecule has 0 saturated heterocycles. The third-order valence-electron chi connectivity index (χ3n) is 5.76. The van der Waals surface area contributed by atoms with Gasteiger partial charge in [0.1, 0.15) is 6.29 Å². The summed E-state index contributed by atoms with van der Waals surface area (Å²) in [5, 5.41) is 2.56. The standard InChI is InChI=1S/C23H34FN3O3S/c1-25-23(29)27(12-13-28)11-3-2-4-14-31-26-22(18-7-8-18)19-9-10-20(24)21(15-19)30-16-17-5-6-17/h9-10,13,15,17-18,22,26H,2-8,11-12,14,16H2,1H3,(H,25,29). The second-order valence-corrected chi connectivity index (χ2v) is 9.39. The number of amides is 2. The maximum atomic E-state index is 14.1. The number of aldehydes is 1. The highest BCUT2D eigenvalue weighted by atomic mass is 32.2. The van der Waals surface area contributed by atoms with Crippen molar-refractivity contribution in [2.24, 2.45) is 11.8 Å². The number of rotatable bonds is 15. The summed E-state index contributed by atoms with van der Waals surface area (Å²) in [6.45, 7) is 1.32. The molecule has 0 spiro atoms. The average molecular weight is 452 g/mol. The molecule has 2 amide bonds. The molecular weight excluding hydrogens is 417 g/mol. The zero-order valence-corrected chi connectivity index (χ0v) is 19.1. The molecule has 1 aromatic rings. The lowest BCUT2D eigenvalue weighted by atomic mass is 10.0. The van der Waals surface area contributed by atoms with Gasteiger partial charge in [0, 0.05) is 25.4 Å². The predicted octanol–water partition coefficient (Wildman–Crippen LogP) is 4.31. The van der Waals surface area contributed by atoms with Crippen molar-refractivity contribution < 1.29 is 18.7 Å². The highest BCUT2D eigenvalue weighted by molar-refractivity contribution is 7.97. The monoisotopic (exact) mass is 451 g/mol. The number of nitrogens with zero attached hydrogens (tertiary/aromatic N) is 1. The van der Waals surface area contributed by atoms with E-state index in [9.17, 15) is 14.0 Å². The van der Waals surface area contributed by atoms with E-state index in [4.69, 9.17) is 4.74 Å². The van der Waals surface area contributed by atoms with Gasteiger partial charge < -0.3 is 19.7 Å². The molecule has 2 aliphatic carbocycles. The minimum Gasteiger partial charge on any atom is -0.490 e. The number of benzene rings is 1. The summed E-state index contributed by atoms with van der Waals surface area (Å²) in [5.74, 6) is 2.24. The Kier molecular flexibility index (Phi) is 9.46. The highest BCUT2D eigenvalue weighted by Crippen LogP contribution is 2.43. The minimum atomic E-state index is -0.285. The molecule has 0 heterocycles. The summed E-state index contributed by atoms with van der Waals surface area (Å²) in [4.78, 5) is 23.9. The molecule has 1 unspecified atom stereocenters. The first-order chi connectivity index (χ1) is 15.1. The van der Waals surface area contributed by atoms with Crippen molar-refractivity contribution in [1.29, 1.82) is 0 Å². The Morgan fingerprint density at radius 1 is 1.29 bits per heavy atom. The van der Waals surface area contributed by atoms with Gasteiger partial charge in [0.05, 0.1) is 13.2 Å². The number of hydrogen-bond acceptors (Lipinski definition) is 5. The molecule has 2 aliphatic rings. The number of halogens is 1.